The third-order valence-corrected chi connectivity index (χ3v) is 4.58. The van der Waals surface area contributed by atoms with Crippen molar-refractivity contribution >= 4 is 22.6 Å². The lowest BCUT2D eigenvalue weighted by Crippen LogP contribution is -2.37. The van der Waals surface area contributed by atoms with E-state index in [9.17, 15) is 5.11 Å². The van der Waals surface area contributed by atoms with E-state index in [1.54, 1.807) is 24.4 Å². The van der Waals surface area contributed by atoms with Crippen molar-refractivity contribution in [3.8, 4) is 17.1 Å². The molecule has 4 rings (SSSR count). The van der Waals surface area contributed by atoms with Gasteiger partial charge in [-0.05, 0) is 25.1 Å². The third-order valence-electron chi connectivity index (χ3n) is 4.58. The number of oxime groups is 1. The van der Waals surface area contributed by atoms with Crippen molar-refractivity contribution in [2.45, 2.75) is 6.92 Å². The van der Waals surface area contributed by atoms with Crippen LogP contribution >= 0.6 is 0 Å². The summed E-state index contributed by atoms with van der Waals surface area (Å²) in [6.07, 6.45) is 1.75. The fourth-order valence-corrected chi connectivity index (χ4v) is 3.16. The molecule has 3 heterocycles. The largest absolute Gasteiger partial charge is 0.508 e. The van der Waals surface area contributed by atoms with Gasteiger partial charge in [0, 0.05) is 30.4 Å². The first-order chi connectivity index (χ1) is 13.7. The van der Waals surface area contributed by atoms with E-state index in [4.69, 9.17) is 19.5 Å². The van der Waals surface area contributed by atoms with Gasteiger partial charge in [-0.1, -0.05) is 17.3 Å². The Hall–Kier alpha value is -3.26. The fraction of sp³-hybridized carbons (Fsp3) is 0.300. The van der Waals surface area contributed by atoms with Gasteiger partial charge in [-0.25, -0.2) is 15.0 Å². The molecule has 8 heteroatoms. The topological polar surface area (TPSA) is 93.0 Å². The zero-order valence-electron chi connectivity index (χ0n) is 15.8. The van der Waals surface area contributed by atoms with Crippen LogP contribution in [-0.2, 0) is 9.57 Å². The molecule has 3 aromatic rings. The fourth-order valence-electron chi connectivity index (χ4n) is 3.16. The number of pyridine rings is 1. The summed E-state index contributed by atoms with van der Waals surface area (Å²) in [5, 5.41) is 13.8. The van der Waals surface area contributed by atoms with E-state index in [-0.39, 0.29) is 5.75 Å². The maximum Gasteiger partial charge on any atom is 0.162 e. The number of ether oxygens (including phenoxy) is 1. The Morgan fingerprint density at radius 1 is 1.21 bits per heavy atom. The van der Waals surface area contributed by atoms with Crippen LogP contribution in [0.3, 0.4) is 0 Å². The lowest BCUT2D eigenvalue weighted by molar-refractivity contribution is 0.122. The van der Waals surface area contributed by atoms with Gasteiger partial charge < -0.3 is 19.6 Å². The molecule has 1 aromatic carbocycles. The van der Waals surface area contributed by atoms with Crippen molar-refractivity contribution in [1.82, 2.24) is 15.0 Å². The van der Waals surface area contributed by atoms with Crippen LogP contribution in [-0.4, -0.2) is 59.2 Å². The highest BCUT2D eigenvalue weighted by molar-refractivity contribution is 6.01. The Bertz CT molecular complexity index is 1030. The minimum absolute atomic E-state index is 0.170. The van der Waals surface area contributed by atoms with Gasteiger partial charge in [0.2, 0.25) is 0 Å². The van der Waals surface area contributed by atoms with Gasteiger partial charge in [0.05, 0.1) is 24.4 Å². The van der Waals surface area contributed by atoms with Crippen molar-refractivity contribution in [3.05, 3.63) is 42.1 Å². The maximum atomic E-state index is 9.86. The molecule has 1 aliphatic rings. The summed E-state index contributed by atoms with van der Waals surface area (Å²) in [4.78, 5) is 21.1. The van der Waals surface area contributed by atoms with E-state index >= 15 is 0 Å². The van der Waals surface area contributed by atoms with Crippen molar-refractivity contribution in [2.75, 3.05) is 38.3 Å². The molecule has 0 bridgehead atoms. The molecule has 1 fully saturated rings. The molecule has 0 spiro atoms. The Labute approximate surface area is 162 Å². The lowest BCUT2D eigenvalue weighted by atomic mass is 10.1. The average molecular weight is 379 g/mol. The summed E-state index contributed by atoms with van der Waals surface area (Å²) in [5.41, 5.74) is 3.70. The summed E-state index contributed by atoms with van der Waals surface area (Å²) in [5.74, 6) is 1.47. The number of rotatable bonds is 4. The number of aromatic nitrogens is 3. The van der Waals surface area contributed by atoms with Gasteiger partial charge in [0.15, 0.2) is 11.6 Å². The molecule has 1 aliphatic heterocycles. The number of hydrogen-bond acceptors (Lipinski definition) is 8. The van der Waals surface area contributed by atoms with Crippen LogP contribution in [0, 0.1) is 0 Å². The van der Waals surface area contributed by atoms with Crippen molar-refractivity contribution in [3.63, 3.8) is 0 Å². The first-order valence-corrected chi connectivity index (χ1v) is 9.04. The van der Waals surface area contributed by atoms with Crippen LogP contribution in [0.1, 0.15) is 12.5 Å². The van der Waals surface area contributed by atoms with Gasteiger partial charge in [0.25, 0.3) is 0 Å². The summed E-state index contributed by atoms with van der Waals surface area (Å²) in [6, 6.07) is 8.85. The second kappa shape index (κ2) is 7.77. The van der Waals surface area contributed by atoms with Gasteiger partial charge in [0.1, 0.15) is 18.4 Å². The molecule has 1 saturated heterocycles. The van der Waals surface area contributed by atoms with E-state index in [1.165, 1.54) is 7.11 Å². The van der Waals surface area contributed by atoms with E-state index < -0.39 is 0 Å². The first-order valence-electron chi connectivity index (χ1n) is 9.04. The van der Waals surface area contributed by atoms with Crippen molar-refractivity contribution in [1.29, 1.82) is 0 Å². The number of benzene rings is 1. The summed E-state index contributed by atoms with van der Waals surface area (Å²) in [7, 11) is 1.51. The molecule has 8 nitrogen and oxygen atoms in total. The van der Waals surface area contributed by atoms with Crippen LogP contribution in [0.25, 0.3) is 22.4 Å². The Morgan fingerprint density at radius 3 is 2.79 bits per heavy atom. The molecule has 0 aliphatic carbocycles. The molecule has 0 amide bonds. The second-order valence-electron chi connectivity index (χ2n) is 6.47. The van der Waals surface area contributed by atoms with E-state index in [1.807, 2.05) is 19.1 Å². The van der Waals surface area contributed by atoms with Crippen LogP contribution in [0.15, 0.2) is 41.7 Å². The molecule has 0 radical (unpaired) electrons. The average Bonchev–Trinajstić information content (AvgIpc) is 2.73. The second-order valence-corrected chi connectivity index (χ2v) is 6.47. The van der Waals surface area contributed by atoms with Gasteiger partial charge in [-0.15, -0.1) is 0 Å². The van der Waals surface area contributed by atoms with Crippen LogP contribution < -0.4 is 4.90 Å². The summed E-state index contributed by atoms with van der Waals surface area (Å²) >= 11 is 0. The standard InChI is InChI=1S/C20H21N5O3/c1-13(24-27-2)15-11-17-18(21-12-15)20(25-6-8-28-9-7-25)23-19(22-17)14-4-3-5-16(26)10-14/h3-5,10-12,26H,6-9H2,1-2H3. The van der Waals surface area contributed by atoms with Crippen molar-refractivity contribution in [2.24, 2.45) is 5.16 Å². The predicted molar refractivity (Wildman–Crippen MR) is 107 cm³/mol. The highest BCUT2D eigenvalue weighted by Gasteiger charge is 2.19. The molecule has 2 aromatic heterocycles. The van der Waals surface area contributed by atoms with Gasteiger partial charge >= 0.3 is 0 Å². The maximum absolute atomic E-state index is 9.86. The van der Waals surface area contributed by atoms with E-state index in [0.29, 0.717) is 30.3 Å². The molecule has 0 saturated carbocycles. The number of phenols is 1. The number of phenolic OH excluding ortho intramolecular Hbond substituents is 1. The SMILES string of the molecule is CON=C(C)c1cnc2c(N3CCOCC3)nc(-c3cccc(O)c3)nc2c1. The highest BCUT2D eigenvalue weighted by atomic mass is 16.6. The van der Waals surface area contributed by atoms with Crippen LogP contribution in [0.4, 0.5) is 5.82 Å². The quantitative estimate of drug-likeness (QED) is 0.550. The highest BCUT2D eigenvalue weighted by Crippen LogP contribution is 2.28. The molecule has 28 heavy (non-hydrogen) atoms. The van der Waals surface area contributed by atoms with Crippen LogP contribution in [0.5, 0.6) is 5.75 Å². The predicted octanol–water partition coefficient (Wildman–Crippen LogP) is 2.60. The summed E-state index contributed by atoms with van der Waals surface area (Å²) in [6.45, 7) is 4.61. The smallest absolute Gasteiger partial charge is 0.162 e. The molecule has 144 valence electrons. The molecule has 0 unspecified atom stereocenters. The first kappa shape index (κ1) is 18.1. The zero-order valence-corrected chi connectivity index (χ0v) is 15.8. The Kier molecular flexibility index (Phi) is 5.03. The normalized spacial score (nSPS) is 15.1. The third kappa shape index (κ3) is 3.59. The van der Waals surface area contributed by atoms with Gasteiger partial charge in [-0.3, -0.25) is 0 Å². The number of hydrogen-bond donors (Lipinski definition) is 1. The number of fused-ring (bicyclic) bond motifs is 1. The Morgan fingerprint density at radius 2 is 2.04 bits per heavy atom. The monoisotopic (exact) mass is 379 g/mol. The number of aromatic hydroxyl groups is 1. The van der Waals surface area contributed by atoms with E-state index in [2.05, 4.69) is 15.0 Å². The number of anilines is 1. The van der Waals surface area contributed by atoms with Gasteiger partial charge in [-0.2, -0.15) is 0 Å². The lowest BCUT2D eigenvalue weighted by Gasteiger charge is -2.28. The minimum Gasteiger partial charge on any atom is -0.508 e. The zero-order chi connectivity index (χ0) is 19.5. The molecular formula is C20H21N5O3. The molecular weight excluding hydrogens is 358 g/mol. The van der Waals surface area contributed by atoms with Crippen LogP contribution in [0.2, 0.25) is 0 Å². The molecule has 1 N–H and O–H groups in total. The molecule has 0 atom stereocenters. The van der Waals surface area contributed by atoms with Crippen molar-refractivity contribution < 1.29 is 14.7 Å². The Balaban J connectivity index is 1.90. The minimum atomic E-state index is 0.170. The number of morpholine rings is 1. The summed E-state index contributed by atoms with van der Waals surface area (Å²) < 4.78 is 5.47. The number of nitrogens with zero attached hydrogens (tertiary/aromatic N) is 5. The van der Waals surface area contributed by atoms with E-state index in [0.717, 1.165) is 35.6 Å².